The van der Waals surface area contributed by atoms with Gasteiger partial charge < -0.3 is 0 Å². The van der Waals surface area contributed by atoms with E-state index in [0.717, 1.165) is 79.7 Å². The second-order valence-corrected chi connectivity index (χ2v) is 33.1. The van der Waals surface area contributed by atoms with Crippen molar-refractivity contribution in [1.29, 1.82) is 0 Å². The van der Waals surface area contributed by atoms with Crippen molar-refractivity contribution in [2.45, 2.75) is 223 Å². The molecule has 0 aliphatic heterocycles. The maximum Gasteiger partial charge on any atom is 0.216 e. The van der Waals surface area contributed by atoms with Crippen LogP contribution in [0.5, 0.6) is 0 Å². The Balaban J connectivity index is 0.000000133. The lowest BCUT2D eigenvalue weighted by atomic mass is 9.79. The summed E-state index contributed by atoms with van der Waals surface area (Å²) in [7, 11) is 10.3. The van der Waals surface area contributed by atoms with E-state index in [9.17, 15) is 2.74 Å². The average Bonchev–Trinajstić information content (AvgIpc) is 1.50. The third-order valence-electron chi connectivity index (χ3n) is 24.1. The zero-order valence-corrected chi connectivity index (χ0v) is 66.7. The van der Waals surface area contributed by atoms with Gasteiger partial charge in [0.1, 0.15) is 35.2 Å². The van der Waals surface area contributed by atoms with Crippen molar-refractivity contribution in [2.75, 3.05) is 0 Å². The van der Waals surface area contributed by atoms with E-state index in [-0.39, 0.29) is 11.8 Å². The number of aromatic nitrogens is 5. The number of hydrogen-bond donors (Lipinski definition) is 0. The molecule has 6 bridgehead atoms. The van der Waals surface area contributed by atoms with Crippen LogP contribution in [0.4, 0.5) is 0 Å². The summed E-state index contributed by atoms with van der Waals surface area (Å²) in [4.78, 5) is 0. The Morgan fingerprint density at radius 1 is 0.375 bits per heavy atom. The van der Waals surface area contributed by atoms with Gasteiger partial charge in [0.05, 0.1) is 0 Å². The van der Waals surface area contributed by atoms with Gasteiger partial charge in [-0.25, -0.2) is 22.8 Å². The first kappa shape index (κ1) is 62.1. The number of hydrogen-bond acceptors (Lipinski definition) is 0. The molecule has 5 heterocycles. The molecule has 0 saturated heterocycles. The van der Waals surface area contributed by atoms with Crippen LogP contribution < -0.4 is 22.8 Å². The van der Waals surface area contributed by atoms with E-state index in [1.807, 2.05) is 93.7 Å². The van der Waals surface area contributed by atoms with Crippen LogP contribution in [0, 0.1) is 84.3 Å². The minimum atomic E-state index is -2.13. The van der Waals surface area contributed by atoms with Gasteiger partial charge in [-0.3, -0.25) is 0 Å². The molecule has 5 aromatic carbocycles. The van der Waals surface area contributed by atoms with Crippen LogP contribution in [0.3, 0.4) is 0 Å². The third-order valence-corrected chi connectivity index (χ3v) is 24.1. The van der Waals surface area contributed by atoms with E-state index in [4.69, 9.17) is 12.3 Å². The second kappa shape index (κ2) is 31.1. The van der Waals surface area contributed by atoms with Gasteiger partial charge in [0, 0.05) is 102 Å². The Labute approximate surface area is 644 Å². The van der Waals surface area contributed by atoms with Crippen molar-refractivity contribution in [1.82, 2.24) is 0 Å². The van der Waals surface area contributed by atoms with Gasteiger partial charge in [-0.2, -0.15) is 0 Å². The van der Waals surface area contributed by atoms with Gasteiger partial charge in [-0.05, 0) is 281 Å². The Morgan fingerprint density at radius 2 is 0.808 bits per heavy atom. The number of fused-ring (bicyclic) bond motifs is 15. The fraction of sp³-hybridized carbons (Fsp3) is 0.444. The smallest absolute Gasteiger partial charge is 0.201 e. The van der Waals surface area contributed by atoms with Crippen molar-refractivity contribution in [3.8, 4) is 56.3 Å². The van der Waals surface area contributed by atoms with E-state index in [0.29, 0.717) is 54.6 Å². The summed E-state index contributed by atoms with van der Waals surface area (Å²) in [6, 6.07) is 49.9. The molecule has 3 saturated carbocycles. The van der Waals surface area contributed by atoms with Crippen LogP contribution in [0.2, 0.25) is 0 Å². The number of rotatable bonds is 11. The molecule has 10 aromatic rings. The number of nitrogens with zero attached hydrogens (tertiary/aromatic N) is 5. The SMILES string of the molecule is Cc1cc(C(C(C)C)C(C)C)ccc1-c1cccc[n+]1C.Cc1ccc(-c2c3c(cc[n+]2C)C2CCC3C2)c(C)c1.[2H]C([2H])([2H])c1ccc(-c2c3c(cc[n+]2C)C2([2H])CCC3([2H])C2(C)C)c(C)c1.[2H]C([2H])([2H])c1ccc(-c2c3c(cc[n+]2C)C2([2H])CCC3([2H])C2)c(C)c1.[2H]C(c1ccc(-c2cccc[n+]2C)c(C)c1)(C(C)C)C(C)C. The molecule has 542 valence electrons. The quantitative estimate of drug-likeness (QED) is 0.115. The first-order valence-corrected chi connectivity index (χ1v) is 38.8. The number of pyridine rings is 5. The van der Waals surface area contributed by atoms with Crippen molar-refractivity contribution < 1.29 is 37.9 Å². The fourth-order valence-electron chi connectivity index (χ4n) is 19.4. The molecular formula is C99H126N5+5. The van der Waals surface area contributed by atoms with Crippen molar-refractivity contribution in [3.63, 3.8) is 0 Å². The summed E-state index contributed by atoms with van der Waals surface area (Å²) in [6.07, 6.45) is 17.9. The summed E-state index contributed by atoms with van der Waals surface area (Å²) < 4.78 is 102. The van der Waals surface area contributed by atoms with Crippen molar-refractivity contribution >= 4 is 0 Å². The molecule has 3 fully saturated rings. The largest absolute Gasteiger partial charge is 0.216 e. The van der Waals surface area contributed by atoms with Crippen LogP contribution in [0.1, 0.15) is 272 Å². The van der Waals surface area contributed by atoms with E-state index in [2.05, 4.69) is 228 Å². The summed E-state index contributed by atoms with van der Waals surface area (Å²) in [5.74, 6) is 0.714. The highest BCUT2D eigenvalue weighted by Gasteiger charge is 2.54. The minimum absolute atomic E-state index is 0.283. The van der Waals surface area contributed by atoms with Crippen LogP contribution in [-0.4, -0.2) is 0 Å². The lowest BCUT2D eigenvalue weighted by Gasteiger charge is -2.26. The standard InChI is InChI=1S/C21H26N.2C20H28N.2C19H22N/c1-13-6-7-15(14(2)12-13)20-19-16(10-11-22(20)5)17-8-9-18(19)21(17,3)4;2*1-14(2)20(15(3)4)17-10-11-18(16(5)13-17)19-9-7-8-12-21(19)6;2*1-12-4-7-16(13(2)10-12)19-18-15-6-5-14(11-15)17(18)8-9-20(19)3/h6-7,10-12,17-18H,8-9H2,1-5H3;2*7-15,20H,1-6H3;2*4,7-10,14-15H,5-6,11H2,1-3H3/q5*+1/i1D3,17D,18D;20D;;1D3,14D,15D;. The zero-order valence-electron chi connectivity index (χ0n) is 77.7. The molecule has 6 atom stereocenters. The lowest BCUT2D eigenvalue weighted by Crippen LogP contribution is -2.33. The molecule has 6 aliphatic rings. The minimum Gasteiger partial charge on any atom is -0.201 e. The predicted molar refractivity (Wildman–Crippen MR) is 435 cm³/mol. The van der Waals surface area contributed by atoms with E-state index >= 15 is 0 Å². The summed E-state index contributed by atoms with van der Waals surface area (Å²) in [6.45, 7) is 30.4. The monoisotopic (exact) mass is 1400 g/mol. The van der Waals surface area contributed by atoms with Crippen LogP contribution >= 0.6 is 0 Å². The van der Waals surface area contributed by atoms with E-state index < -0.39 is 48.6 Å². The Morgan fingerprint density at radius 3 is 1.31 bits per heavy atom. The first-order valence-electron chi connectivity index (χ1n) is 44.3. The average molecular weight is 1400 g/mol. The van der Waals surface area contributed by atoms with Crippen molar-refractivity contribution in [3.05, 3.63) is 266 Å². The molecule has 6 aliphatic carbocycles. The first-order chi connectivity index (χ1) is 53.7. The molecule has 104 heavy (non-hydrogen) atoms. The lowest BCUT2D eigenvalue weighted by molar-refractivity contribution is -0.661. The number of benzene rings is 5. The van der Waals surface area contributed by atoms with Crippen LogP contribution in [0.15, 0.2) is 177 Å². The summed E-state index contributed by atoms with van der Waals surface area (Å²) in [5.41, 5.74) is 28.8. The highest BCUT2D eigenvalue weighted by Crippen LogP contribution is 2.65. The number of aryl methyl sites for hydroxylation is 13. The molecular weight excluding hydrogens is 1260 g/mol. The van der Waals surface area contributed by atoms with Crippen LogP contribution in [-0.2, 0) is 35.2 Å². The maximum atomic E-state index is 9.36. The Kier molecular flexibility index (Phi) is 18.6. The Bertz CT molecular complexity index is 5320. The molecule has 5 aromatic heterocycles. The molecule has 0 spiro atoms. The summed E-state index contributed by atoms with van der Waals surface area (Å²) >= 11 is 0. The molecule has 0 radical (unpaired) electrons. The molecule has 0 N–H and O–H groups in total. The topological polar surface area (TPSA) is 19.4 Å². The molecule has 6 unspecified atom stereocenters. The maximum absolute atomic E-state index is 9.36. The second-order valence-electron chi connectivity index (χ2n) is 33.1. The van der Waals surface area contributed by atoms with E-state index in [1.165, 1.54) is 80.9 Å². The summed E-state index contributed by atoms with van der Waals surface area (Å²) in [5, 5.41) is 0. The molecule has 16 rings (SSSR count). The van der Waals surface area contributed by atoms with Gasteiger partial charge in [0.25, 0.3) is 0 Å². The zero-order chi connectivity index (χ0) is 84.1. The highest BCUT2D eigenvalue weighted by molar-refractivity contribution is 5.72. The van der Waals surface area contributed by atoms with Crippen molar-refractivity contribution in [2.24, 2.45) is 64.3 Å². The predicted octanol–water partition coefficient (Wildman–Crippen LogP) is 22.9. The van der Waals surface area contributed by atoms with Gasteiger partial charge in [-0.1, -0.05) is 147 Å². The normalized spacial score (nSPS) is 23.5. The molecule has 5 nitrogen and oxygen atoms in total. The molecule has 5 heteroatoms. The van der Waals surface area contributed by atoms with Gasteiger partial charge in [0.2, 0.25) is 28.5 Å². The third kappa shape index (κ3) is 14.9. The van der Waals surface area contributed by atoms with Gasteiger partial charge in [0.15, 0.2) is 31.0 Å². The van der Waals surface area contributed by atoms with Crippen LogP contribution in [0.25, 0.3) is 56.3 Å². The Hall–Kier alpha value is -8.15. The van der Waals surface area contributed by atoms with E-state index in [1.54, 1.807) is 35.4 Å². The molecule has 0 amide bonds. The fourth-order valence-corrected chi connectivity index (χ4v) is 19.4. The van der Waals surface area contributed by atoms with Gasteiger partial charge >= 0.3 is 0 Å². The highest BCUT2D eigenvalue weighted by atomic mass is 14.9. The van der Waals surface area contributed by atoms with Gasteiger partial charge in [-0.15, -0.1) is 0 Å².